The van der Waals surface area contributed by atoms with Crippen molar-refractivity contribution in [3.05, 3.63) is 24.0 Å². The second kappa shape index (κ2) is 4.91. The molecule has 1 fully saturated rings. The van der Waals surface area contributed by atoms with Crippen molar-refractivity contribution >= 4 is 16.7 Å². The first-order chi connectivity index (χ1) is 9.88. The van der Waals surface area contributed by atoms with E-state index in [0.717, 1.165) is 17.4 Å². The van der Waals surface area contributed by atoms with Crippen molar-refractivity contribution < 1.29 is 18.3 Å². The highest BCUT2D eigenvalue weighted by atomic mass is 19.4. The summed E-state index contributed by atoms with van der Waals surface area (Å²) in [5, 5.41) is 10.1. The maximum atomic E-state index is 13.3. The van der Waals surface area contributed by atoms with Crippen LogP contribution in [0.2, 0.25) is 0 Å². The molecule has 2 unspecified atom stereocenters. The molecule has 1 aromatic carbocycles. The molecular weight excluding hydrogens is 283 g/mol. The SMILES string of the molecule is Nc1ccc2c(c1)nc(C(F)(F)F)n2C1CCCCC1O. The lowest BCUT2D eigenvalue weighted by Gasteiger charge is -2.30. The van der Waals surface area contributed by atoms with Crippen LogP contribution in [-0.2, 0) is 6.18 Å². The number of fused-ring (bicyclic) bond motifs is 1. The molecule has 4 nitrogen and oxygen atoms in total. The molecule has 0 saturated heterocycles. The number of nitrogens with two attached hydrogens (primary N) is 1. The normalized spacial score (nSPS) is 23.6. The second-order valence-corrected chi connectivity index (χ2v) is 5.47. The molecule has 0 bridgehead atoms. The minimum atomic E-state index is -4.56. The lowest BCUT2D eigenvalue weighted by Crippen LogP contribution is -2.30. The van der Waals surface area contributed by atoms with Gasteiger partial charge in [0.1, 0.15) is 0 Å². The van der Waals surface area contributed by atoms with Crippen molar-refractivity contribution in [2.45, 2.75) is 44.0 Å². The summed E-state index contributed by atoms with van der Waals surface area (Å²) in [4.78, 5) is 3.70. The van der Waals surface area contributed by atoms with E-state index < -0.39 is 24.1 Å². The number of hydrogen-bond donors (Lipinski definition) is 2. The maximum Gasteiger partial charge on any atom is 0.449 e. The van der Waals surface area contributed by atoms with Gasteiger partial charge in [0.2, 0.25) is 5.82 Å². The quantitative estimate of drug-likeness (QED) is 0.795. The molecule has 1 saturated carbocycles. The van der Waals surface area contributed by atoms with Gasteiger partial charge in [-0.05, 0) is 31.0 Å². The number of rotatable bonds is 1. The van der Waals surface area contributed by atoms with E-state index in [9.17, 15) is 18.3 Å². The third-order valence-electron chi connectivity index (χ3n) is 3.99. The second-order valence-electron chi connectivity index (χ2n) is 5.47. The Bertz CT molecular complexity index is 665. The predicted molar refractivity (Wildman–Crippen MR) is 72.7 cm³/mol. The number of benzene rings is 1. The van der Waals surface area contributed by atoms with E-state index in [1.54, 1.807) is 6.07 Å². The zero-order chi connectivity index (χ0) is 15.2. The van der Waals surface area contributed by atoms with Crippen LogP contribution in [0, 0.1) is 0 Å². The van der Waals surface area contributed by atoms with E-state index in [-0.39, 0.29) is 5.52 Å². The standard InChI is InChI=1S/C14H16F3N3O/c15-14(16,17)13-19-9-7-8(18)5-6-10(9)20(13)11-3-1-2-4-12(11)21/h5-7,11-12,21H,1-4,18H2. The Labute approximate surface area is 119 Å². The molecule has 1 aliphatic carbocycles. The molecule has 0 amide bonds. The number of aromatic nitrogens is 2. The van der Waals surface area contributed by atoms with Crippen LogP contribution >= 0.6 is 0 Å². The van der Waals surface area contributed by atoms with Crippen molar-refractivity contribution in [1.29, 1.82) is 0 Å². The van der Waals surface area contributed by atoms with Crippen molar-refractivity contribution in [2.75, 3.05) is 5.73 Å². The molecule has 3 N–H and O–H groups in total. The highest BCUT2D eigenvalue weighted by molar-refractivity contribution is 5.80. The molecule has 2 atom stereocenters. The Morgan fingerprint density at radius 3 is 2.62 bits per heavy atom. The summed E-state index contributed by atoms with van der Waals surface area (Å²) in [5.41, 5.74) is 6.56. The molecular formula is C14H16F3N3O. The van der Waals surface area contributed by atoms with Crippen LogP contribution in [0.5, 0.6) is 0 Å². The summed E-state index contributed by atoms with van der Waals surface area (Å²) in [6.07, 6.45) is -2.69. The number of anilines is 1. The molecule has 1 aromatic heterocycles. The first-order valence-corrected chi connectivity index (χ1v) is 6.90. The van der Waals surface area contributed by atoms with Crippen LogP contribution in [0.1, 0.15) is 37.5 Å². The zero-order valence-electron chi connectivity index (χ0n) is 11.3. The molecule has 3 rings (SSSR count). The van der Waals surface area contributed by atoms with Crippen molar-refractivity contribution in [2.24, 2.45) is 0 Å². The molecule has 0 radical (unpaired) electrons. The van der Waals surface area contributed by atoms with Crippen LogP contribution in [0.3, 0.4) is 0 Å². The van der Waals surface area contributed by atoms with Gasteiger partial charge >= 0.3 is 6.18 Å². The highest BCUT2D eigenvalue weighted by Crippen LogP contribution is 2.38. The summed E-state index contributed by atoms with van der Waals surface area (Å²) in [6, 6.07) is 3.92. The topological polar surface area (TPSA) is 64.1 Å². The summed E-state index contributed by atoms with van der Waals surface area (Å²) < 4.78 is 41.0. The first kappa shape index (κ1) is 14.2. The van der Waals surface area contributed by atoms with Crippen molar-refractivity contribution in [3.8, 4) is 0 Å². The number of aliphatic hydroxyl groups excluding tert-OH is 1. The average molecular weight is 299 g/mol. The third-order valence-corrected chi connectivity index (χ3v) is 3.99. The number of imidazole rings is 1. The van der Waals surface area contributed by atoms with E-state index in [1.807, 2.05) is 0 Å². The van der Waals surface area contributed by atoms with E-state index in [1.165, 1.54) is 12.1 Å². The molecule has 2 aromatic rings. The fraction of sp³-hybridized carbons (Fsp3) is 0.500. The Morgan fingerprint density at radius 2 is 1.95 bits per heavy atom. The van der Waals surface area contributed by atoms with Gasteiger partial charge in [-0.1, -0.05) is 12.8 Å². The van der Waals surface area contributed by atoms with Gasteiger partial charge in [-0.25, -0.2) is 4.98 Å². The summed E-state index contributed by atoms with van der Waals surface area (Å²) >= 11 is 0. The highest BCUT2D eigenvalue weighted by Gasteiger charge is 2.41. The molecule has 7 heteroatoms. The van der Waals surface area contributed by atoms with E-state index in [0.29, 0.717) is 24.0 Å². The fourth-order valence-corrected chi connectivity index (χ4v) is 3.04. The van der Waals surface area contributed by atoms with E-state index >= 15 is 0 Å². The third kappa shape index (κ3) is 2.46. The van der Waals surface area contributed by atoms with Crippen LogP contribution < -0.4 is 5.73 Å². The van der Waals surface area contributed by atoms with Crippen LogP contribution in [0.4, 0.5) is 18.9 Å². The van der Waals surface area contributed by atoms with Crippen LogP contribution in [0.15, 0.2) is 18.2 Å². The van der Waals surface area contributed by atoms with Gasteiger partial charge in [-0.3, -0.25) is 0 Å². The monoisotopic (exact) mass is 299 g/mol. The molecule has 0 spiro atoms. The number of nitrogens with zero attached hydrogens (tertiary/aromatic N) is 2. The van der Waals surface area contributed by atoms with E-state index in [4.69, 9.17) is 5.73 Å². The number of alkyl halides is 3. The minimum absolute atomic E-state index is 0.208. The average Bonchev–Trinajstić information content (AvgIpc) is 2.77. The summed E-state index contributed by atoms with van der Waals surface area (Å²) in [6.45, 7) is 0. The van der Waals surface area contributed by atoms with Crippen molar-refractivity contribution in [1.82, 2.24) is 9.55 Å². The smallest absolute Gasteiger partial charge is 0.399 e. The Balaban J connectivity index is 2.22. The van der Waals surface area contributed by atoms with Gasteiger partial charge in [0.05, 0.1) is 23.2 Å². The minimum Gasteiger partial charge on any atom is -0.399 e. The molecule has 1 aliphatic rings. The van der Waals surface area contributed by atoms with Crippen LogP contribution in [-0.4, -0.2) is 20.8 Å². The number of hydrogen-bond acceptors (Lipinski definition) is 3. The van der Waals surface area contributed by atoms with Gasteiger partial charge in [-0.15, -0.1) is 0 Å². The van der Waals surface area contributed by atoms with Crippen LogP contribution in [0.25, 0.3) is 11.0 Å². The first-order valence-electron chi connectivity index (χ1n) is 6.90. The van der Waals surface area contributed by atoms with Gasteiger partial charge in [-0.2, -0.15) is 13.2 Å². The summed E-state index contributed by atoms with van der Waals surface area (Å²) in [7, 11) is 0. The fourth-order valence-electron chi connectivity index (χ4n) is 3.04. The van der Waals surface area contributed by atoms with Gasteiger partial charge in [0.25, 0.3) is 0 Å². The Kier molecular flexibility index (Phi) is 3.32. The Hall–Kier alpha value is -1.76. The molecule has 114 valence electrons. The largest absolute Gasteiger partial charge is 0.449 e. The maximum absolute atomic E-state index is 13.3. The number of nitrogen functional groups attached to an aromatic ring is 1. The number of halogens is 3. The molecule has 1 heterocycles. The predicted octanol–water partition coefficient (Wildman–Crippen LogP) is 3.11. The zero-order valence-corrected chi connectivity index (χ0v) is 11.3. The Morgan fingerprint density at radius 1 is 1.24 bits per heavy atom. The van der Waals surface area contributed by atoms with E-state index in [2.05, 4.69) is 4.98 Å². The molecule has 0 aliphatic heterocycles. The lowest BCUT2D eigenvalue weighted by molar-refractivity contribution is -0.148. The van der Waals surface area contributed by atoms with Gasteiger partial charge in [0, 0.05) is 5.69 Å². The van der Waals surface area contributed by atoms with Gasteiger partial charge in [0.15, 0.2) is 0 Å². The molecule has 21 heavy (non-hydrogen) atoms. The summed E-state index contributed by atoms with van der Waals surface area (Å²) in [5.74, 6) is -0.964. The van der Waals surface area contributed by atoms with Crippen molar-refractivity contribution in [3.63, 3.8) is 0 Å². The number of aliphatic hydroxyl groups is 1. The lowest BCUT2D eigenvalue weighted by atomic mass is 9.92. The van der Waals surface area contributed by atoms with Gasteiger partial charge < -0.3 is 15.4 Å².